The average molecular weight is 282 g/mol. The molecule has 0 bridgehead atoms. The van der Waals surface area contributed by atoms with Crippen molar-refractivity contribution in [2.24, 2.45) is 0 Å². The van der Waals surface area contributed by atoms with Crippen molar-refractivity contribution in [3.05, 3.63) is 0 Å². The predicted octanol–water partition coefficient (Wildman–Crippen LogP) is 2.32. The molecule has 0 rings (SSSR count). The number of nitrogens with zero attached hydrogens (tertiary/aromatic N) is 3. The zero-order chi connectivity index (χ0) is 15.6. The van der Waals surface area contributed by atoms with Crippen LogP contribution < -0.4 is 5.32 Å². The highest BCUT2D eigenvalue weighted by Gasteiger charge is 2.23. The zero-order valence-corrected chi connectivity index (χ0v) is 14.4. The molecule has 1 atom stereocenters. The molecule has 4 nitrogen and oxygen atoms in total. The van der Waals surface area contributed by atoms with E-state index in [0.29, 0.717) is 6.04 Å². The molecular weight excluding hydrogens is 248 g/mol. The van der Waals surface area contributed by atoms with Gasteiger partial charge in [0.05, 0.1) is 6.07 Å². The average Bonchev–Trinajstić information content (AvgIpc) is 2.35. The van der Waals surface area contributed by atoms with Gasteiger partial charge in [0.25, 0.3) is 0 Å². The van der Waals surface area contributed by atoms with Crippen LogP contribution in [0.15, 0.2) is 0 Å². The van der Waals surface area contributed by atoms with E-state index >= 15 is 0 Å². The quantitative estimate of drug-likeness (QED) is 0.631. The Morgan fingerprint density at radius 1 is 1.15 bits per heavy atom. The maximum absolute atomic E-state index is 9.33. The third kappa shape index (κ3) is 9.30. The number of nitrogens with one attached hydrogen (secondary N) is 1. The van der Waals surface area contributed by atoms with E-state index in [1.54, 1.807) is 0 Å². The van der Waals surface area contributed by atoms with Gasteiger partial charge in [-0.25, -0.2) is 0 Å². The van der Waals surface area contributed by atoms with Crippen LogP contribution in [0.5, 0.6) is 0 Å². The largest absolute Gasteiger partial charge is 0.309 e. The number of rotatable bonds is 11. The normalized spacial score (nSPS) is 14.8. The van der Waals surface area contributed by atoms with Gasteiger partial charge < -0.3 is 9.80 Å². The molecule has 0 aromatic carbocycles. The monoisotopic (exact) mass is 282 g/mol. The highest BCUT2D eigenvalue weighted by atomic mass is 15.1. The molecule has 0 radical (unpaired) electrons. The Kier molecular flexibility index (Phi) is 9.83. The number of hydrogen-bond donors (Lipinski definition) is 1. The van der Waals surface area contributed by atoms with Gasteiger partial charge >= 0.3 is 0 Å². The maximum Gasteiger partial charge on any atom is 0.104 e. The minimum absolute atomic E-state index is 0.349. The zero-order valence-electron chi connectivity index (χ0n) is 14.4. The van der Waals surface area contributed by atoms with Crippen molar-refractivity contribution in [1.82, 2.24) is 15.1 Å². The van der Waals surface area contributed by atoms with Crippen molar-refractivity contribution in [2.75, 3.05) is 40.3 Å². The molecule has 0 fully saturated rings. The third-order valence-corrected chi connectivity index (χ3v) is 3.53. The summed E-state index contributed by atoms with van der Waals surface area (Å²) in [5.41, 5.74) is -0.392. The standard InChI is InChI=1S/C16H34N4/c1-7-20(13-9-11-19(5)6)12-8-10-16(4,14-17)18-15(2)3/h15,18H,7-13H2,1-6H3. The van der Waals surface area contributed by atoms with Gasteiger partial charge in [-0.3, -0.25) is 5.32 Å². The lowest BCUT2D eigenvalue weighted by Crippen LogP contribution is -2.45. The first-order valence-corrected chi connectivity index (χ1v) is 7.89. The summed E-state index contributed by atoms with van der Waals surface area (Å²) in [5.74, 6) is 0. The van der Waals surface area contributed by atoms with Gasteiger partial charge in [-0.2, -0.15) is 5.26 Å². The summed E-state index contributed by atoms with van der Waals surface area (Å²) >= 11 is 0. The lowest BCUT2D eigenvalue weighted by molar-refractivity contribution is 0.250. The van der Waals surface area contributed by atoms with E-state index < -0.39 is 5.54 Å². The highest BCUT2D eigenvalue weighted by Crippen LogP contribution is 2.13. The first kappa shape index (κ1) is 19.4. The van der Waals surface area contributed by atoms with Crippen molar-refractivity contribution in [3.63, 3.8) is 0 Å². The minimum atomic E-state index is -0.392. The molecule has 0 aliphatic rings. The highest BCUT2D eigenvalue weighted by molar-refractivity contribution is 5.04. The smallest absolute Gasteiger partial charge is 0.104 e. The fourth-order valence-corrected chi connectivity index (χ4v) is 2.49. The first-order valence-electron chi connectivity index (χ1n) is 7.89. The summed E-state index contributed by atoms with van der Waals surface area (Å²) < 4.78 is 0. The molecule has 1 unspecified atom stereocenters. The third-order valence-electron chi connectivity index (χ3n) is 3.53. The second kappa shape index (κ2) is 10.1. The van der Waals surface area contributed by atoms with E-state index in [0.717, 1.165) is 39.0 Å². The molecule has 0 heterocycles. The van der Waals surface area contributed by atoms with Gasteiger partial charge in [0.1, 0.15) is 5.54 Å². The van der Waals surface area contributed by atoms with Crippen LogP contribution in [0, 0.1) is 11.3 Å². The molecule has 20 heavy (non-hydrogen) atoms. The minimum Gasteiger partial charge on any atom is -0.309 e. The van der Waals surface area contributed by atoms with Crippen LogP contribution in [-0.2, 0) is 0 Å². The maximum atomic E-state index is 9.33. The summed E-state index contributed by atoms with van der Waals surface area (Å²) in [7, 11) is 4.23. The Bertz CT molecular complexity index is 283. The van der Waals surface area contributed by atoms with Crippen molar-refractivity contribution in [1.29, 1.82) is 5.26 Å². The Labute approximate surface area is 126 Å². The summed E-state index contributed by atoms with van der Waals surface area (Å²) in [4.78, 5) is 4.71. The van der Waals surface area contributed by atoms with Crippen LogP contribution >= 0.6 is 0 Å². The second-order valence-electron chi connectivity index (χ2n) is 6.44. The molecule has 0 aliphatic carbocycles. The topological polar surface area (TPSA) is 42.3 Å². The molecule has 0 aliphatic heterocycles. The molecule has 0 aromatic heterocycles. The molecule has 0 saturated heterocycles. The van der Waals surface area contributed by atoms with Crippen LogP contribution in [0.4, 0.5) is 0 Å². The fraction of sp³-hybridized carbons (Fsp3) is 0.938. The van der Waals surface area contributed by atoms with Crippen LogP contribution in [0.2, 0.25) is 0 Å². The van der Waals surface area contributed by atoms with Crippen molar-refractivity contribution in [2.45, 2.75) is 58.5 Å². The van der Waals surface area contributed by atoms with E-state index in [1.807, 2.05) is 6.92 Å². The molecule has 0 spiro atoms. The number of nitriles is 1. The lowest BCUT2D eigenvalue weighted by Gasteiger charge is -2.27. The second-order valence-corrected chi connectivity index (χ2v) is 6.44. The molecule has 0 aromatic rings. The van der Waals surface area contributed by atoms with Gasteiger partial charge in [-0.15, -0.1) is 0 Å². The van der Waals surface area contributed by atoms with Crippen LogP contribution in [0.1, 0.15) is 47.0 Å². The van der Waals surface area contributed by atoms with E-state index in [9.17, 15) is 5.26 Å². The Hall–Kier alpha value is -0.630. The molecule has 1 N–H and O–H groups in total. The lowest BCUT2D eigenvalue weighted by atomic mass is 9.96. The Morgan fingerprint density at radius 3 is 2.20 bits per heavy atom. The summed E-state index contributed by atoms with van der Waals surface area (Å²) in [6.07, 6.45) is 3.19. The van der Waals surface area contributed by atoms with Crippen LogP contribution in [0.3, 0.4) is 0 Å². The van der Waals surface area contributed by atoms with Crippen molar-refractivity contribution >= 4 is 0 Å². The summed E-state index contributed by atoms with van der Waals surface area (Å²) in [5, 5.41) is 12.7. The summed E-state index contributed by atoms with van der Waals surface area (Å²) in [6.45, 7) is 12.9. The van der Waals surface area contributed by atoms with Crippen LogP contribution in [0.25, 0.3) is 0 Å². The molecule has 4 heteroatoms. The first-order chi connectivity index (χ1) is 9.33. The van der Waals surface area contributed by atoms with E-state index in [2.05, 4.69) is 56.1 Å². The molecule has 0 saturated carbocycles. The number of hydrogen-bond acceptors (Lipinski definition) is 4. The molecule has 118 valence electrons. The molecule has 0 amide bonds. The Balaban J connectivity index is 4.02. The van der Waals surface area contributed by atoms with Gasteiger partial charge in [-0.1, -0.05) is 6.92 Å². The van der Waals surface area contributed by atoms with Gasteiger partial charge in [-0.05, 0) is 80.3 Å². The Morgan fingerprint density at radius 2 is 1.75 bits per heavy atom. The van der Waals surface area contributed by atoms with E-state index in [4.69, 9.17) is 0 Å². The van der Waals surface area contributed by atoms with Crippen molar-refractivity contribution in [3.8, 4) is 6.07 Å². The van der Waals surface area contributed by atoms with Crippen molar-refractivity contribution < 1.29 is 0 Å². The molecular formula is C16H34N4. The SMILES string of the molecule is CCN(CCCN(C)C)CCCC(C)(C#N)NC(C)C. The van der Waals surface area contributed by atoms with Gasteiger partial charge in [0.15, 0.2) is 0 Å². The van der Waals surface area contributed by atoms with E-state index in [-0.39, 0.29) is 0 Å². The van der Waals surface area contributed by atoms with Crippen LogP contribution in [-0.4, -0.2) is 61.7 Å². The van der Waals surface area contributed by atoms with E-state index in [1.165, 1.54) is 6.42 Å². The van der Waals surface area contributed by atoms with Gasteiger partial charge in [0.2, 0.25) is 0 Å². The van der Waals surface area contributed by atoms with Gasteiger partial charge in [0, 0.05) is 6.04 Å². The summed E-state index contributed by atoms with van der Waals surface area (Å²) in [6, 6.07) is 2.77. The fourth-order valence-electron chi connectivity index (χ4n) is 2.49. The predicted molar refractivity (Wildman–Crippen MR) is 86.8 cm³/mol.